The van der Waals surface area contributed by atoms with Crippen molar-refractivity contribution in [2.24, 2.45) is 5.73 Å². The van der Waals surface area contributed by atoms with Crippen molar-refractivity contribution in [2.75, 3.05) is 0 Å². The molecule has 1 atom stereocenters. The molecule has 0 aromatic heterocycles. The highest BCUT2D eigenvalue weighted by molar-refractivity contribution is 5.73. The lowest BCUT2D eigenvalue weighted by molar-refractivity contribution is -0.152. The lowest BCUT2D eigenvalue weighted by Crippen LogP contribution is -2.40. The summed E-state index contributed by atoms with van der Waals surface area (Å²) in [5, 5.41) is 8.02. The molecule has 0 aliphatic heterocycles. The Bertz CT molecular complexity index is 173. The third-order valence-corrected chi connectivity index (χ3v) is 1.13. The first-order valence-electron chi connectivity index (χ1n) is 2.91. The van der Waals surface area contributed by atoms with E-state index in [1.807, 2.05) is 0 Å². The van der Waals surface area contributed by atoms with Gasteiger partial charge in [-0.05, 0) is 0 Å². The summed E-state index contributed by atoms with van der Waals surface area (Å²) in [5.41, 5.74) is 4.63. The number of carboxylic acids is 1. The predicted molar refractivity (Wildman–Crippen MR) is 31.2 cm³/mol. The Morgan fingerprint density at radius 1 is 1.50 bits per heavy atom. The molecule has 0 saturated carbocycles. The van der Waals surface area contributed by atoms with Crippen molar-refractivity contribution in [1.82, 2.24) is 0 Å². The van der Waals surface area contributed by atoms with Gasteiger partial charge in [-0.15, -0.1) is 0 Å². The SMILES string of the molecule is NC(CC(F)(F)C(F)F)C(=O)O. The summed E-state index contributed by atoms with van der Waals surface area (Å²) in [6, 6.07) is -1.96. The Balaban J connectivity index is 4.15. The van der Waals surface area contributed by atoms with Crippen molar-refractivity contribution in [3.8, 4) is 0 Å². The molecule has 0 bridgehead atoms. The van der Waals surface area contributed by atoms with Crippen LogP contribution >= 0.6 is 0 Å². The molecule has 0 saturated heterocycles. The van der Waals surface area contributed by atoms with Crippen molar-refractivity contribution in [3.05, 3.63) is 0 Å². The molecule has 72 valence electrons. The highest BCUT2D eigenvalue weighted by Gasteiger charge is 2.43. The minimum Gasteiger partial charge on any atom is -0.480 e. The van der Waals surface area contributed by atoms with Crippen LogP contribution in [-0.4, -0.2) is 29.5 Å². The van der Waals surface area contributed by atoms with Gasteiger partial charge in [0.25, 0.3) is 0 Å². The summed E-state index contributed by atoms with van der Waals surface area (Å²) >= 11 is 0. The Labute approximate surface area is 65.2 Å². The molecule has 12 heavy (non-hydrogen) atoms. The van der Waals surface area contributed by atoms with Gasteiger partial charge in [0.1, 0.15) is 6.04 Å². The summed E-state index contributed by atoms with van der Waals surface area (Å²) in [5.74, 6) is -6.06. The van der Waals surface area contributed by atoms with E-state index in [1.165, 1.54) is 0 Å². The average Bonchev–Trinajstić information content (AvgIpc) is 1.85. The van der Waals surface area contributed by atoms with Crippen LogP contribution in [0.25, 0.3) is 0 Å². The van der Waals surface area contributed by atoms with Crippen molar-refractivity contribution < 1.29 is 27.5 Å². The standard InChI is InChI=1S/C5H7F4NO2/c6-4(7)5(8,9)1-2(10)3(11)12/h2,4H,1,10H2,(H,11,12). The van der Waals surface area contributed by atoms with E-state index in [2.05, 4.69) is 5.73 Å². The number of hydrogen-bond donors (Lipinski definition) is 2. The molecule has 0 fully saturated rings. The van der Waals surface area contributed by atoms with E-state index in [4.69, 9.17) is 5.11 Å². The molecule has 0 aromatic rings. The number of carboxylic acid groups (broad SMARTS) is 1. The van der Waals surface area contributed by atoms with Gasteiger partial charge >= 0.3 is 18.3 Å². The van der Waals surface area contributed by atoms with Crippen molar-refractivity contribution >= 4 is 5.97 Å². The van der Waals surface area contributed by atoms with Gasteiger partial charge in [-0.1, -0.05) is 0 Å². The van der Waals surface area contributed by atoms with Crippen LogP contribution in [-0.2, 0) is 4.79 Å². The van der Waals surface area contributed by atoms with Gasteiger partial charge in [0.15, 0.2) is 0 Å². The fourth-order valence-electron chi connectivity index (χ4n) is 0.470. The second-order valence-corrected chi connectivity index (χ2v) is 2.21. The van der Waals surface area contributed by atoms with E-state index in [0.717, 1.165) is 0 Å². The Kier molecular flexibility index (Phi) is 3.44. The van der Waals surface area contributed by atoms with E-state index < -0.39 is 30.8 Å². The number of aliphatic carboxylic acids is 1. The van der Waals surface area contributed by atoms with Crippen molar-refractivity contribution in [1.29, 1.82) is 0 Å². The molecule has 3 nitrogen and oxygen atoms in total. The van der Waals surface area contributed by atoms with Gasteiger partial charge in [0.2, 0.25) is 0 Å². The monoisotopic (exact) mass is 189 g/mol. The molecule has 0 aliphatic carbocycles. The Morgan fingerprint density at radius 3 is 2.17 bits per heavy atom. The third kappa shape index (κ3) is 3.04. The molecule has 7 heteroatoms. The van der Waals surface area contributed by atoms with Crippen LogP contribution in [0.5, 0.6) is 0 Å². The molecule has 0 aromatic carbocycles. The van der Waals surface area contributed by atoms with Crippen LogP contribution in [0.1, 0.15) is 6.42 Å². The normalized spacial score (nSPS) is 14.8. The van der Waals surface area contributed by atoms with Crippen molar-refractivity contribution in [3.63, 3.8) is 0 Å². The largest absolute Gasteiger partial charge is 0.480 e. The maximum Gasteiger partial charge on any atom is 0.320 e. The molecular weight excluding hydrogens is 182 g/mol. The Morgan fingerprint density at radius 2 is 1.92 bits per heavy atom. The lowest BCUT2D eigenvalue weighted by atomic mass is 10.1. The fourth-order valence-corrected chi connectivity index (χ4v) is 0.470. The van der Waals surface area contributed by atoms with Crippen LogP contribution < -0.4 is 5.73 Å². The third-order valence-electron chi connectivity index (χ3n) is 1.13. The highest BCUT2D eigenvalue weighted by atomic mass is 19.3. The summed E-state index contributed by atoms with van der Waals surface area (Å²) in [6.07, 6.45) is -5.44. The predicted octanol–water partition coefficient (Wildman–Crippen LogP) is 0.689. The van der Waals surface area contributed by atoms with Gasteiger partial charge < -0.3 is 10.8 Å². The molecule has 0 rings (SSSR count). The minimum absolute atomic E-state index is 1.56. The topological polar surface area (TPSA) is 63.3 Å². The number of carbonyl (C=O) groups is 1. The minimum atomic E-state index is -4.34. The molecule has 0 heterocycles. The summed E-state index contributed by atoms with van der Waals surface area (Å²) in [4.78, 5) is 9.90. The fraction of sp³-hybridized carbons (Fsp3) is 0.800. The zero-order valence-electron chi connectivity index (χ0n) is 5.81. The van der Waals surface area contributed by atoms with Crippen LogP contribution in [0, 0.1) is 0 Å². The van der Waals surface area contributed by atoms with Crippen LogP contribution in [0.3, 0.4) is 0 Å². The molecule has 1 unspecified atom stereocenters. The molecule has 0 amide bonds. The second kappa shape index (κ2) is 3.70. The van der Waals surface area contributed by atoms with Crippen molar-refractivity contribution in [2.45, 2.75) is 24.8 Å². The smallest absolute Gasteiger partial charge is 0.320 e. The van der Waals surface area contributed by atoms with Gasteiger partial charge in [-0.3, -0.25) is 4.79 Å². The van der Waals surface area contributed by atoms with Crippen LogP contribution in [0.4, 0.5) is 17.6 Å². The molecule has 0 radical (unpaired) electrons. The summed E-state index contributed by atoms with van der Waals surface area (Å²) < 4.78 is 47.0. The first-order chi connectivity index (χ1) is 5.27. The van der Waals surface area contributed by atoms with Crippen LogP contribution in [0.2, 0.25) is 0 Å². The number of hydrogen-bond acceptors (Lipinski definition) is 2. The van der Waals surface area contributed by atoms with E-state index in [9.17, 15) is 22.4 Å². The van der Waals surface area contributed by atoms with Gasteiger partial charge in [0, 0.05) is 6.42 Å². The maximum atomic E-state index is 12.1. The van der Waals surface area contributed by atoms with E-state index in [1.54, 1.807) is 0 Å². The Hall–Kier alpha value is -0.850. The quantitative estimate of drug-likeness (QED) is 0.639. The molecule has 3 N–H and O–H groups in total. The zero-order chi connectivity index (χ0) is 9.94. The maximum absolute atomic E-state index is 12.1. The van der Waals surface area contributed by atoms with E-state index in [0.29, 0.717) is 0 Å². The second-order valence-electron chi connectivity index (χ2n) is 2.21. The number of rotatable bonds is 4. The van der Waals surface area contributed by atoms with Crippen LogP contribution in [0.15, 0.2) is 0 Å². The number of nitrogens with two attached hydrogens (primary N) is 1. The zero-order valence-corrected chi connectivity index (χ0v) is 5.81. The number of alkyl halides is 4. The highest BCUT2D eigenvalue weighted by Crippen LogP contribution is 2.27. The van der Waals surface area contributed by atoms with Gasteiger partial charge in [-0.2, -0.15) is 0 Å². The van der Waals surface area contributed by atoms with E-state index in [-0.39, 0.29) is 0 Å². The summed E-state index contributed by atoms with van der Waals surface area (Å²) in [7, 11) is 0. The first kappa shape index (κ1) is 11.2. The van der Waals surface area contributed by atoms with E-state index >= 15 is 0 Å². The lowest BCUT2D eigenvalue weighted by Gasteiger charge is -2.16. The molecule has 0 aliphatic rings. The molecular formula is C5H7F4NO2. The average molecular weight is 189 g/mol. The first-order valence-corrected chi connectivity index (χ1v) is 2.91. The van der Waals surface area contributed by atoms with Gasteiger partial charge in [-0.25, -0.2) is 17.6 Å². The number of halogens is 4. The summed E-state index contributed by atoms with van der Waals surface area (Å²) in [6.45, 7) is 0. The molecule has 0 spiro atoms. The van der Waals surface area contributed by atoms with Gasteiger partial charge in [0.05, 0.1) is 0 Å².